The van der Waals surface area contributed by atoms with Crippen LogP contribution in [-0.2, 0) is 9.53 Å². The number of Topliss-reactive ketones (excluding diaryl/α,β-unsaturated/α-hetero) is 1. The molecular weight excluding hydrogens is 350 g/mol. The second-order valence-corrected chi connectivity index (χ2v) is 8.86. The van der Waals surface area contributed by atoms with E-state index >= 15 is 0 Å². The Labute approximate surface area is 175 Å². The maximum atomic E-state index is 12.3. The van der Waals surface area contributed by atoms with Crippen molar-refractivity contribution in [3.8, 4) is 0 Å². The van der Waals surface area contributed by atoms with Crippen LogP contribution in [0.4, 0.5) is 0 Å². The molecule has 0 spiro atoms. The first-order valence-electron chi connectivity index (χ1n) is 12.0. The summed E-state index contributed by atoms with van der Waals surface area (Å²) in [6.07, 6.45) is 20.6. The Balaban J connectivity index is 3.39. The highest BCUT2D eigenvalue weighted by molar-refractivity contribution is 5.86. The molecule has 0 unspecified atom stereocenters. The summed E-state index contributed by atoms with van der Waals surface area (Å²) in [7, 11) is 1.58. The zero-order chi connectivity index (χ0) is 21.1. The summed E-state index contributed by atoms with van der Waals surface area (Å²) in [4.78, 5) is 12.3. The number of nitrogens with zero attached hydrogens (tertiary/aromatic N) is 1. The van der Waals surface area contributed by atoms with E-state index in [1.54, 1.807) is 7.05 Å². The van der Waals surface area contributed by atoms with E-state index in [4.69, 9.17) is 9.94 Å². The van der Waals surface area contributed by atoms with Gasteiger partial charge in [-0.1, -0.05) is 96.8 Å². The maximum absolute atomic E-state index is 12.3. The fraction of sp³-hybridized carbons (Fsp3) is 0.958. The molecule has 0 aromatic heterocycles. The van der Waals surface area contributed by atoms with Crippen molar-refractivity contribution in [1.29, 1.82) is 0 Å². The SMILES string of the molecule is CCCCCCCCCCCCCCCCCC(=O)C(C)(C)OCCN(C)O. The van der Waals surface area contributed by atoms with Gasteiger partial charge in [-0.05, 0) is 20.3 Å². The first-order valence-corrected chi connectivity index (χ1v) is 12.0. The lowest BCUT2D eigenvalue weighted by Gasteiger charge is -2.24. The Hall–Kier alpha value is -0.450. The molecule has 0 aliphatic carbocycles. The van der Waals surface area contributed by atoms with Gasteiger partial charge in [-0.15, -0.1) is 0 Å². The van der Waals surface area contributed by atoms with Gasteiger partial charge in [-0.25, -0.2) is 0 Å². The van der Waals surface area contributed by atoms with E-state index in [1.165, 1.54) is 83.5 Å². The lowest BCUT2D eigenvalue weighted by Crippen LogP contribution is -2.37. The van der Waals surface area contributed by atoms with Crippen LogP contribution in [-0.4, -0.2) is 41.9 Å². The molecule has 168 valence electrons. The fourth-order valence-electron chi connectivity index (χ4n) is 3.47. The maximum Gasteiger partial charge on any atom is 0.164 e. The summed E-state index contributed by atoms with van der Waals surface area (Å²) in [5.74, 6) is 0.169. The van der Waals surface area contributed by atoms with Gasteiger partial charge in [-0.3, -0.25) is 4.79 Å². The van der Waals surface area contributed by atoms with Gasteiger partial charge in [0.15, 0.2) is 5.78 Å². The molecule has 0 aromatic carbocycles. The molecular formula is C24H49NO3. The number of unbranched alkanes of at least 4 members (excludes halogenated alkanes) is 14. The molecule has 28 heavy (non-hydrogen) atoms. The molecule has 0 bridgehead atoms. The summed E-state index contributed by atoms with van der Waals surface area (Å²) in [6, 6.07) is 0. The lowest BCUT2D eigenvalue weighted by atomic mass is 9.97. The minimum atomic E-state index is -0.744. The summed E-state index contributed by atoms with van der Waals surface area (Å²) in [5.41, 5.74) is -0.744. The summed E-state index contributed by atoms with van der Waals surface area (Å²) < 4.78 is 5.63. The van der Waals surface area contributed by atoms with E-state index in [0.717, 1.165) is 17.9 Å². The van der Waals surface area contributed by atoms with Gasteiger partial charge in [0.25, 0.3) is 0 Å². The largest absolute Gasteiger partial charge is 0.366 e. The van der Waals surface area contributed by atoms with Crippen molar-refractivity contribution in [2.45, 2.75) is 129 Å². The number of carbonyl (C=O) groups is 1. The Kier molecular flexibility index (Phi) is 18.3. The van der Waals surface area contributed by atoms with Crippen molar-refractivity contribution < 1.29 is 14.7 Å². The van der Waals surface area contributed by atoms with Crippen LogP contribution in [0.3, 0.4) is 0 Å². The van der Waals surface area contributed by atoms with Gasteiger partial charge in [-0.2, -0.15) is 5.06 Å². The van der Waals surface area contributed by atoms with E-state index in [0.29, 0.717) is 19.6 Å². The van der Waals surface area contributed by atoms with Gasteiger partial charge < -0.3 is 9.94 Å². The second kappa shape index (κ2) is 18.6. The Morgan fingerprint density at radius 3 is 1.57 bits per heavy atom. The molecule has 0 atom stereocenters. The minimum absolute atomic E-state index is 0.169. The van der Waals surface area contributed by atoms with Gasteiger partial charge in [0.2, 0.25) is 0 Å². The predicted molar refractivity (Wildman–Crippen MR) is 119 cm³/mol. The summed E-state index contributed by atoms with van der Waals surface area (Å²) >= 11 is 0. The number of ether oxygens (including phenoxy) is 1. The van der Waals surface area contributed by atoms with Gasteiger partial charge in [0.1, 0.15) is 5.60 Å². The van der Waals surface area contributed by atoms with Crippen LogP contribution in [0.5, 0.6) is 0 Å². The molecule has 0 aliphatic rings. The standard InChI is InChI=1S/C24H49NO3/c1-5-6-7-8-9-10-11-12-13-14-15-16-17-18-19-20-23(26)24(2,3)28-22-21-25(4)27/h27H,5-22H2,1-4H3. The third-order valence-electron chi connectivity index (χ3n) is 5.56. The van der Waals surface area contributed by atoms with Crippen molar-refractivity contribution >= 4 is 5.78 Å². The quantitative estimate of drug-likeness (QED) is 0.168. The Morgan fingerprint density at radius 2 is 1.18 bits per heavy atom. The molecule has 0 saturated heterocycles. The lowest BCUT2D eigenvalue weighted by molar-refractivity contribution is -0.145. The van der Waals surface area contributed by atoms with Gasteiger partial charge >= 0.3 is 0 Å². The van der Waals surface area contributed by atoms with E-state index in [2.05, 4.69) is 6.92 Å². The van der Waals surface area contributed by atoms with E-state index in [-0.39, 0.29) is 5.78 Å². The van der Waals surface area contributed by atoms with Gasteiger partial charge in [0.05, 0.1) is 6.61 Å². The molecule has 0 heterocycles. The monoisotopic (exact) mass is 399 g/mol. The third-order valence-corrected chi connectivity index (χ3v) is 5.56. The van der Waals surface area contributed by atoms with Gasteiger partial charge in [0, 0.05) is 20.0 Å². The Bertz CT molecular complexity index is 356. The molecule has 0 rings (SSSR count). The normalized spacial score (nSPS) is 12.1. The minimum Gasteiger partial charge on any atom is -0.366 e. The van der Waals surface area contributed by atoms with Crippen LogP contribution in [0.2, 0.25) is 0 Å². The third kappa shape index (κ3) is 17.6. The fourth-order valence-corrected chi connectivity index (χ4v) is 3.47. The molecule has 0 radical (unpaired) electrons. The smallest absolute Gasteiger partial charge is 0.164 e. The number of hydroxylamine groups is 2. The average molecular weight is 400 g/mol. The average Bonchev–Trinajstić information content (AvgIpc) is 2.64. The summed E-state index contributed by atoms with van der Waals surface area (Å²) in [5, 5.41) is 10.2. The molecule has 0 fully saturated rings. The number of hydrogen-bond donors (Lipinski definition) is 1. The van der Waals surface area contributed by atoms with Crippen molar-refractivity contribution in [1.82, 2.24) is 5.06 Å². The molecule has 4 nitrogen and oxygen atoms in total. The number of hydrogen-bond acceptors (Lipinski definition) is 4. The number of ketones is 1. The van der Waals surface area contributed by atoms with E-state index in [1.807, 2.05) is 13.8 Å². The number of carbonyl (C=O) groups excluding carboxylic acids is 1. The van der Waals surface area contributed by atoms with Crippen LogP contribution in [0.15, 0.2) is 0 Å². The van der Waals surface area contributed by atoms with Crippen molar-refractivity contribution in [3.05, 3.63) is 0 Å². The van der Waals surface area contributed by atoms with Crippen molar-refractivity contribution in [3.63, 3.8) is 0 Å². The Morgan fingerprint density at radius 1 is 0.786 bits per heavy atom. The van der Waals surface area contributed by atoms with Crippen LogP contribution in [0.25, 0.3) is 0 Å². The molecule has 0 amide bonds. The van der Waals surface area contributed by atoms with Crippen molar-refractivity contribution in [2.24, 2.45) is 0 Å². The highest BCUT2D eigenvalue weighted by Crippen LogP contribution is 2.17. The highest BCUT2D eigenvalue weighted by atomic mass is 16.5. The topological polar surface area (TPSA) is 49.8 Å². The van der Waals surface area contributed by atoms with Crippen LogP contribution >= 0.6 is 0 Å². The van der Waals surface area contributed by atoms with Crippen LogP contribution in [0.1, 0.15) is 124 Å². The first-order chi connectivity index (χ1) is 13.4. The zero-order valence-electron chi connectivity index (χ0n) is 19.4. The first kappa shape index (κ1) is 27.5. The molecule has 0 aromatic rings. The molecule has 1 N–H and O–H groups in total. The predicted octanol–water partition coefficient (Wildman–Crippen LogP) is 6.93. The number of likely N-dealkylation sites (N-methyl/N-ethyl adjacent to an activating group) is 1. The van der Waals surface area contributed by atoms with E-state index < -0.39 is 5.60 Å². The zero-order valence-corrected chi connectivity index (χ0v) is 19.4. The second-order valence-electron chi connectivity index (χ2n) is 8.86. The van der Waals surface area contributed by atoms with E-state index in [9.17, 15) is 4.79 Å². The molecule has 4 heteroatoms. The number of rotatable bonds is 21. The molecule has 0 aliphatic heterocycles. The van der Waals surface area contributed by atoms with Crippen LogP contribution < -0.4 is 0 Å². The van der Waals surface area contributed by atoms with Crippen molar-refractivity contribution in [2.75, 3.05) is 20.2 Å². The molecule has 0 saturated carbocycles. The van der Waals surface area contributed by atoms with Crippen LogP contribution in [0, 0.1) is 0 Å². The summed E-state index contributed by atoms with van der Waals surface area (Å²) in [6.45, 7) is 6.72. The highest BCUT2D eigenvalue weighted by Gasteiger charge is 2.27.